The van der Waals surface area contributed by atoms with Gasteiger partial charge in [-0.05, 0) is 29.8 Å². The van der Waals surface area contributed by atoms with Gasteiger partial charge in [0.05, 0.1) is 13.2 Å². The molecule has 3 aromatic rings. The predicted octanol–water partition coefficient (Wildman–Crippen LogP) is 3.12. The van der Waals surface area contributed by atoms with Crippen molar-refractivity contribution in [2.45, 2.75) is 6.54 Å². The Balaban J connectivity index is 1.35. The molecule has 0 atom stereocenters. The minimum atomic E-state index is -0.309. The fourth-order valence-corrected chi connectivity index (χ4v) is 2.53. The smallest absolute Gasteiger partial charge is 0.252 e. The van der Waals surface area contributed by atoms with Crippen LogP contribution in [0.1, 0.15) is 5.56 Å². The van der Waals surface area contributed by atoms with E-state index in [1.807, 2.05) is 54.6 Å². The molecule has 0 fully saturated rings. The quantitative estimate of drug-likeness (QED) is 0.527. The molecule has 0 aliphatic rings. The Labute approximate surface area is 165 Å². The Kier molecular flexibility index (Phi) is 6.95. The molecule has 1 heterocycles. The number of benzene rings is 2. The van der Waals surface area contributed by atoms with E-state index < -0.39 is 0 Å². The SMILES string of the molecule is O=C(COCCOc1ccccc1)Nc1ncn(Cc2ccc(Br)cc2)n1. The van der Waals surface area contributed by atoms with Gasteiger partial charge in [-0.3, -0.25) is 10.1 Å². The van der Waals surface area contributed by atoms with Crippen LogP contribution < -0.4 is 10.1 Å². The number of hydrogen-bond donors (Lipinski definition) is 1. The Morgan fingerprint density at radius 3 is 2.63 bits per heavy atom. The lowest BCUT2D eigenvalue weighted by Crippen LogP contribution is -2.21. The molecule has 8 heteroatoms. The van der Waals surface area contributed by atoms with Gasteiger partial charge >= 0.3 is 0 Å². The first-order valence-electron chi connectivity index (χ1n) is 8.38. The topological polar surface area (TPSA) is 78.3 Å². The summed E-state index contributed by atoms with van der Waals surface area (Å²) in [6, 6.07) is 17.4. The van der Waals surface area contributed by atoms with Crippen LogP contribution in [0.5, 0.6) is 5.75 Å². The number of carbonyl (C=O) groups is 1. The largest absolute Gasteiger partial charge is 0.491 e. The summed E-state index contributed by atoms with van der Waals surface area (Å²) in [5, 5.41) is 6.84. The number of nitrogens with zero attached hydrogens (tertiary/aromatic N) is 3. The third-order valence-corrected chi connectivity index (χ3v) is 4.05. The van der Waals surface area contributed by atoms with Gasteiger partial charge < -0.3 is 9.47 Å². The van der Waals surface area contributed by atoms with Gasteiger partial charge in [-0.25, -0.2) is 9.67 Å². The van der Waals surface area contributed by atoms with E-state index in [2.05, 4.69) is 31.3 Å². The summed E-state index contributed by atoms with van der Waals surface area (Å²) in [5.74, 6) is 0.711. The van der Waals surface area contributed by atoms with Crippen LogP contribution in [0.2, 0.25) is 0 Å². The van der Waals surface area contributed by atoms with Crippen LogP contribution in [-0.2, 0) is 16.1 Å². The van der Waals surface area contributed by atoms with Crippen LogP contribution in [0.3, 0.4) is 0 Å². The van der Waals surface area contributed by atoms with Crippen LogP contribution in [0.25, 0.3) is 0 Å². The lowest BCUT2D eigenvalue weighted by atomic mass is 10.2. The second-order valence-electron chi connectivity index (χ2n) is 5.65. The highest BCUT2D eigenvalue weighted by Gasteiger charge is 2.07. The fraction of sp³-hybridized carbons (Fsp3) is 0.211. The molecule has 140 valence electrons. The van der Waals surface area contributed by atoms with E-state index in [1.165, 1.54) is 0 Å². The van der Waals surface area contributed by atoms with Crippen molar-refractivity contribution in [3.05, 3.63) is 71.0 Å². The van der Waals surface area contributed by atoms with Gasteiger partial charge in [0.1, 0.15) is 25.3 Å². The van der Waals surface area contributed by atoms with Crippen molar-refractivity contribution in [2.24, 2.45) is 0 Å². The molecule has 2 aromatic carbocycles. The number of anilines is 1. The Morgan fingerprint density at radius 2 is 1.85 bits per heavy atom. The lowest BCUT2D eigenvalue weighted by molar-refractivity contribution is -0.120. The Hall–Kier alpha value is -2.71. The van der Waals surface area contributed by atoms with Gasteiger partial charge in [0, 0.05) is 4.47 Å². The number of nitrogens with one attached hydrogen (secondary N) is 1. The van der Waals surface area contributed by atoms with E-state index >= 15 is 0 Å². The standard InChI is InChI=1S/C19H19BrN4O3/c20-16-8-6-15(7-9-16)12-24-14-21-19(23-24)22-18(25)13-26-10-11-27-17-4-2-1-3-5-17/h1-9,14H,10-13H2,(H,22,23,25). The molecule has 0 spiro atoms. The molecule has 1 N–H and O–H groups in total. The highest BCUT2D eigenvalue weighted by atomic mass is 79.9. The molecule has 0 bridgehead atoms. The van der Waals surface area contributed by atoms with Crippen LogP contribution in [-0.4, -0.2) is 40.5 Å². The second-order valence-corrected chi connectivity index (χ2v) is 6.57. The van der Waals surface area contributed by atoms with Crippen LogP contribution >= 0.6 is 15.9 Å². The van der Waals surface area contributed by atoms with E-state index in [0.29, 0.717) is 19.8 Å². The first-order chi connectivity index (χ1) is 13.2. The molecule has 0 saturated heterocycles. The molecule has 0 aliphatic heterocycles. The molecule has 3 rings (SSSR count). The molecular weight excluding hydrogens is 412 g/mol. The highest BCUT2D eigenvalue weighted by molar-refractivity contribution is 9.10. The first-order valence-corrected chi connectivity index (χ1v) is 9.18. The van der Waals surface area contributed by atoms with Gasteiger partial charge in [0.2, 0.25) is 5.95 Å². The van der Waals surface area contributed by atoms with Gasteiger partial charge in [-0.15, -0.1) is 5.10 Å². The van der Waals surface area contributed by atoms with Crippen molar-refractivity contribution in [1.29, 1.82) is 0 Å². The van der Waals surface area contributed by atoms with Crippen molar-refractivity contribution >= 4 is 27.8 Å². The summed E-state index contributed by atoms with van der Waals surface area (Å²) in [4.78, 5) is 16.0. The summed E-state index contributed by atoms with van der Waals surface area (Å²) in [7, 11) is 0. The average Bonchev–Trinajstić information content (AvgIpc) is 3.11. The number of aromatic nitrogens is 3. The predicted molar refractivity (Wildman–Crippen MR) is 105 cm³/mol. The van der Waals surface area contributed by atoms with Gasteiger partial charge in [-0.2, -0.15) is 0 Å². The van der Waals surface area contributed by atoms with Gasteiger partial charge in [0.25, 0.3) is 5.91 Å². The van der Waals surface area contributed by atoms with Crippen LogP contribution in [0.4, 0.5) is 5.95 Å². The third kappa shape index (κ3) is 6.50. The number of hydrogen-bond acceptors (Lipinski definition) is 5. The van der Waals surface area contributed by atoms with E-state index in [1.54, 1.807) is 11.0 Å². The molecule has 0 aliphatic carbocycles. The maximum atomic E-state index is 11.9. The maximum absolute atomic E-state index is 11.9. The van der Waals surface area contributed by atoms with Crippen LogP contribution in [0, 0.1) is 0 Å². The minimum Gasteiger partial charge on any atom is -0.491 e. The second kappa shape index (κ2) is 9.84. The first kappa shape index (κ1) is 19.1. The highest BCUT2D eigenvalue weighted by Crippen LogP contribution is 2.11. The monoisotopic (exact) mass is 430 g/mol. The van der Waals surface area contributed by atoms with Crippen molar-refractivity contribution in [2.75, 3.05) is 25.1 Å². The number of ether oxygens (including phenoxy) is 2. The Bertz CT molecular complexity index is 853. The summed E-state index contributed by atoms with van der Waals surface area (Å²) < 4.78 is 13.5. The molecule has 1 aromatic heterocycles. The van der Waals surface area contributed by atoms with E-state index in [4.69, 9.17) is 9.47 Å². The Morgan fingerprint density at radius 1 is 1.07 bits per heavy atom. The summed E-state index contributed by atoms with van der Waals surface area (Å²) in [6.07, 6.45) is 1.58. The van der Waals surface area contributed by atoms with Crippen LogP contribution in [0.15, 0.2) is 65.4 Å². The summed E-state index contributed by atoms with van der Waals surface area (Å²) >= 11 is 3.40. The van der Waals surface area contributed by atoms with E-state index in [9.17, 15) is 4.79 Å². The number of rotatable bonds is 9. The molecule has 27 heavy (non-hydrogen) atoms. The number of carbonyl (C=O) groups excluding carboxylic acids is 1. The van der Waals surface area contributed by atoms with Crippen molar-refractivity contribution in [1.82, 2.24) is 14.8 Å². The number of para-hydroxylation sites is 1. The normalized spacial score (nSPS) is 10.6. The molecule has 0 radical (unpaired) electrons. The van der Waals surface area contributed by atoms with Gasteiger partial charge in [0.15, 0.2) is 0 Å². The zero-order valence-corrected chi connectivity index (χ0v) is 16.1. The van der Waals surface area contributed by atoms with Gasteiger partial charge in [-0.1, -0.05) is 46.3 Å². The summed E-state index contributed by atoms with van der Waals surface area (Å²) in [5.41, 5.74) is 1.09. The molecule has 1 amide bonds. The molecular formula is C19H19BrN4O3. The van der Waals surface area contributed by atoms with Crippen molar-refractivity contribution in [3.63, 3.8) is 0 Å². The average molecular weight is 431 g/mol. The minimum absolute atomic E-state index is 0.0839. The van der Waals surface area contributed by atoms with Crippen molar-refractivity contribution in [3.8, 4) is 5.75 Å². The number of halogens is 1. The summed E-state index contributed by atoms with van der Waals surface area (Å²) in [6.45, 7) is 1.17. The third-order valence-electron chi connectivity index (χ3n) is 3.52. The van der Waals surface area contributed by atoms with E-state index in [-0.39, 0.29) is 18.5 Å². The maximum Gasteiger partial charge on any atom is 0.252 e. The fourth-order valence-electron chi connectivity index (χ4n) is 2.27. The lowest BCUT2D eigenvalue weighted by Gasteiger charge is -2.06. The zero-order chi connectivity index (χ0) is 18.9. The van der Waals surface area contributed by atoms with Crippen molar-refractivity contribution < 1.29 is 14.3 Å². The number of amides is 1. The molecule has 0 saturated carbocycles. The molecule has 7 nitrogen and oxygen atoms in total. The van der Waals surface area contributed by atoms with E-state index in [0.717, 1.165) is 15.8 Å². The molecule has 0 unspecified atom stereocenters. The zero-order valence-electron chi connectivity index (χ0n) is 14.5.